The van der Waals surface area contributed by atoms with Gasteiger partial charge in [0, 0.05) is 18.0 Å². The Morgan fingerprint density at radius 3 is 2.65 bits per heavy atom. The predicted molar refractivity (Wildman–Crippen MR) is 86.0 cm³/mol. The summed E-state index contributed by atoms with van der Waals surface area (Å²) in [4.78, 5) is 19.6. The van der Waals surface area contributed by atoms with Crippen LogP contribution in [0.1, 0.15) is 43.6 Å². The number of fused-ring (bicyclic) bond motifs is 4. The van der Waals surface area contributed by atoms with Crippen molar-refractivity contribution in [2.45, 2.75) is 38.6 Å². The molecule has 0 saturated carbocycles. The van der Waals surface area contributed by atoms with Gasteiger partial charge in [0.1, 0.15) is 18.9 Å². The van der Waals surface area contributed by atoms with E-state index in [0.717, 1.165) is 0 Å². The van der Waals surface area contributed by atoms with Gasteiger partial charge in [0.25, 0.3) is 0 Å². The number of ketones is 1. The Morgan fingerprint density at radius 2 is 1.96 bits per heavy atom. The van der Waals surface area contributed by atoms with Gasteiger partial charge in [-0.05, 0) is 51.6 Å². The van der Waals surface area contributed by atoms with Gasteiger partial charge in [-0.2, -0.15) is 0 Å². The summed E-state index contributed by atoms with van der Waals surface area (Å²) in [7, 11) is 0. The summed E-state index contributed by atoms with van der Waals surface area (Å²) >= 11 is 0. The number of nitrogens with zero attached hydrogens (tertiary/aromatic N) is 2. The molecule has 0 aromatic carbocycles. The van der Waals surface area contributed by atoms with Gasteiger partial charge in [-0.3, -0.25) is 9.69 Å². The zero-order valence-corrected chi connectivity index (χ0v) is 13.9. The molecule has 0 N–H and O–H groups in total. The first kappa shape index (κ1) is 14.9. The highest BCUT2D eigenvalue weighted by atomic mass is 16.6. The van der Waals surface area contributed by atoms with Gasteiger partial charge < -0.3 is 9.47 Å². The van der Waals surface area contributed by atoms with Crippen LogP contribution < -0.4 is 9.47 Å². The van der Waals surface area contributed by atoms with E-state index in [4.69, 9.17) is 9.47 Å². The third kappa shape index (κ3) is 2.51. The van der Waals surface area contributed by atoms with Crippen LogP contribution in [0.4, 0.5) is 0 Å². The highest BCUT2D eigenvalue weighted by Gasteiger charge is 2.48. The molecule has 0 aliphatic carbocycles. The van der Waals surface area contributed by atoms with Gasteiger partial charge in [-0.25, -0.2) is 4.98 Å². The summed E-state index contributed by atoms with van der Waals surface area (Å²) in [6, 6.07) is 1.74. The van der Waals surface area contributed by atoms with Crippen molar-refractivity contribution in [2.24, 2.45) is 11.8 Å². The van der Waals surface area contributed by atoms with Crippen molar-refractivity contribution < 1.29 is 14.3 Å². The normalized spacial score (nSPS) is 31.0. The van der Waals surface area contributed by atoms with E-state index in [2.05, 4.69) is 23.7 Å². The Morgan fingerprint density at radius 1 is 1.26 bits per heavy atom. The fourth-order valence-electron chi connectivity index (χ4n) is 4.51. The number of pyridine rings is 1. The Balaban J connectivity index is 1.53. The molecule has 1 aromatic rings. The van der Waals surface area contributed by atoms with E-state index in [1.54, 1.807) is 12.3 Å². The molecular weight excluding hydrogens is 292 g/mol. The molecule has 4 aliphatic rings. The SMILES string of the molecule is CC1(C)[C@@H](CC(=O)c2cc3c(cn2)OCCO3)C2CCN1CC2. The van der Waals surface area contributed by atoms with Gasteiger partial charge >= 0.3 is 0 Å². The average Bonchev–Trinajstić information content (AvgIpc) is 2.58. The minimum atomic E-state index is 0.102. The van der Waals surface area contributed by atoms with Crippen LogP contribution in [-0.4, -0.2) is 47.5 Å². The van der Waals surface area contributed by atoms with Crippen LogP contribution in [0.5, 0.6) is 11.5 Å². The fourth-order valence-corrected chi connectivity index (χ4v) is 4.51. The van der Waals surface area contributed by atoms with Crippen LogP contribution in [0.25, 0.3) is 0 Å². The minimum Gasteiger partial charge on any atom is -0.486 e. The van der Waals surface area contributed by atoms with Crippen molar-refractivity contribution in [3.8, 4) is 11.5 Å². The minimum absolute atomic E-state index is 0.102. The second-order valence-corrected chi connectivity index (χ2v) is 7.43. The highest BCUT2D eigenvalue weighted by molar-refractivity contribution is 5.95. The van der Waals surface area contributed by atoms with Crippen LogP contribution in [-0.2, 0) is 0 Å². The van der Waals surface area contributed by atoms with Gasteiger partial charge in [-0.15, -0.1) is 0 Å². The molecule has 5 heterocycles. The third-order valence-electron chi connectivity index (χ3n) is 5.95. The lowest BCUT2D eigenvalue weighted by Gasteiger charge is -2.56. The monoisotopic (exact) mass is 316 g/mol. The van der Waals surface area contributed by atoms with Gasteiger partial charge in [0.2, 0.25) is 0 Å². The second kappa shape index (κ2) is 5.48. The molecule has 0 spiro atoms. The van der Waals surface area contributed by atoms with Crippen LogP contribution in [0.3, 0.4) is 0 Å². The maximum Gasteiger partial charge on any atom is 0.181 e. The molecule has 23 heavy (non-hydrogen) atoms. The first-order valence-corrected chi connectivity index (χ1v) is 8.59. The molecule has 0 unspecified atom stereocenters. The Labute approximate surface area is 137 Å². The lowest BCUT2D eigenvalue weighted by Crippen LogP contribution is -2.61. The van der Waals surface area contributed by atoms with Gasteiger partial charge in [0.05, 0.1) is 6.20 Å². The zero-order valence-electron chi connectivity index (χ0n) is 13.9. The quantitative estimate of drug-likeness (QED) is 0.802. The fraction of sp³-hybridized carbons (Fsp3) is 0.667. The number of carbonyl (C=O) groups is 1. The van der Waals surface area contributed by atoms with Crippen molar-refractivity contribution in [1.82, 2.24) is 9.88 Å². The Kier molecular flexibility index (Phi) is 3.56. The summed E-state index contributed by atoms with van der Waals surface area (Å²) in [5.41, 5.74) is 0.603. The molecule has 2 bridgehead atoms. The largest absolute Gasteiger partial charge is 0.486 e. The lowest BCUT2D eigenvalue weighted by molar-refractivity contribution is -0.0644. The zero-order chi connectivity index (χ0) is 16.0. The summed E-state index contributed by atoms with van der Waals surface area (Å²) in [6.45, 7) is 7.98. The molecule has 5 nitrogen and oxygen atoms in total. The molecule has 1 aromatic heterocycles. The molecule has 3 fully saturated rings. The average molecular weight is 316 g/mol. The van der Waals surface area contributed by atoms with Crippen molar-refractivity contribution in [1.29, 1.82) is 0 Å². The van der Waals surface area contributed by atoms with Crippen molar-refractivity contribution >= 4 is 5.78 Å². The molecule has 0 amide bonds. The van der Waals surface area contributed by atoms with E-state index in [1.807, 2.05) is 0 Å². The molecule has 0 radical (unpaired) electrons. The number of ether oxygens (including phenoxy) is 2. The maximum absolute atomic E-state index is 12.8. The molecule has 5 heteroatoms. The van der Waals surface area contributed by atoms with E-state index in [-0.39, 0.29) is 11.3 Å². The summed E-state index contributed by atoms with van der Waals surface area (Å²) in [5.74, 6) is 2.47. The van der Waals surface area contributed by atoms with E-state index >= 15 is 0 Å². The molecule has 3 saturated heterocycles. The lowest BCUT2D eigenvalue weighted by atomic mass is 9.65. The summed E-state index contributed by atoms with van der Waals surface area (Å²) in [6.07, 6.45) is 4.62. The maximum atomic E-state index is 12.8. The van der Waals surface area contributed by atoms with E-state index in [1.165, 1.54) is 25.9 Å². The van der Waals surface area contributed by atoms with Crippen LogP contribution in [0, 0.1) is 11.8 Å². The number of Topliss-reactive ketones (excluding diaryl/α,β-unsaturated/α-hetero) is 1. The third-order valence-corrected chi connectivity index (χ3v) is 5.95. The molecule has 1 atom stereocenters. The Hall–Kier alpha value is -1.62. The number of carbonyl (C=O) groups excluding carboxylic acids is 1. The number of piperidine rings is 3. The first-order valence-electron chi connectivity index (χ1n) is 8.59. The predicted octanol–water partition coefficient (Wildman–Crippen LogP) is 2.55. The van der Waals surface area contributed by atoms with E-state index in [9.17, 15) is 4.79 Å². The molecule has 4 aliphatic heterocycles. The van der Waals surface area contributed by atoms with E-state index in [0.29, 0.717) is 48.7 Å². The first-order chi connectivity index (χ1) is 11.1. The number of rotatable bonds is 3. The summed E-state index contributed by atoms with van der Waals surface area (Å²) in [5, 5.41) is 0. The van der Waals surface area contributed by atoms with E-state index < -0.39 is 0 Å². The molecule has 124 valence electrons. The van der Waals surface area contributed by atoms with Crippen molar-refractivity contribution in [3.05, 3.63) is 18.0 Å². The molecular formula is C18H24N2O3. The second-order valence-electron chi connectivity index (χ2n) is 7.43. The van der Waals surface area contributed by atoms with Gasteiger partial charge in [-0.1, -0.05) is 0 Å². The van der Waals surface area contributed by atoms with Crippen LogP contribution >= 0.6 is 0 Å². The number of hydrogen-bond donors (Lipinski definition) is 0. The number of aromatic nitrogens is 1. The topological polar surface area (TPSA) is 51.7 Å². The van der Waals surface area contributed by atoms with Crippen molar-refractivity contribution in [3.63, 3.8) is 0 Å². The van der Waals surface area contributed by atoms with Crippen LogP contribution in [0.2, 0.25) is 0 Å². The Bertz CT molecular complexity index is 621. The number of hydrogen-bond acceptors (Lipinski definition) is 5. The van der Waals surface area contributed by atoms with Crippen LogP contribution in [0.15, 0.2) is 12.3 Å². The van der Waals surface area contributed by atoms with Crippen molar-refractivity contribution in [2.75, 3.05) is 26.3 Å². The smallest absolute Gasteiger partial charge is 0.181 e. The summed E-state index contributed by atoms with van der Waals surface area (Å²) < 4.78 is 11.0. The molecule has 5 rings (SSSR count). The highest BCUT2D eigenvalue weighted by Crippen LogP contribution is 2.45. The van der Waals surface area contributed by atoms with Gasteiger partial charge in [0.15, 0.2) is 17.3 Å². The standard InChI is InChI=1S/C18H24N2O3/c1-18(2)13(12-3-5-20(18)6-4-12)9-15(21)14-10-16-17(11-19-14)23-8-7-22-16/h10-13H,3-9H2,1-2H3/t13-/m0/s1.